The third-order valence-electron chi connectivity index (χ3n) is 30.7. The number of nitrogens with one attached hydrogen (secondary N) is 4. The number of anilines is 7. The molecule has 0 bridgehead atoms. The van der Waals surface area contributed by atoms with Gasteiger partial charge in [-0.15, -0.1) is 11.3 Å². The fraction of sp³-hybridized carbons (Fsp3) is 0.434. The number of thiophene rings is 1. The molecule has 15 heterocycles. The minimum atomic E-state index is -0.165. The zero-order chi connectivity index (χ0) is 85.5. The predicted molar refractivity (Wildman–Crippen MR) is 533 cm³/mol. The van der Waals surface area contributed by atoms with Gasteiger partial charge in [-0.1, -0.05) is 199 Å². The van der Waals surface area contributed by atoms with Crippen LogP contribution in [-0.4, -0.2) is 219 Å². The Morgan fingerprint density at radius 1 is 0.286 bits per heavy atom. The molecule has 14 fully saturated rings. The summed E-state index contributed by atoms with van der Waals surface area (Å²) in [5.74, 6) is 11.5. The first-order valence-corrected chi connectivity index (χ1v) is 49.2. The number of rotatable bonds is 8. The van der Waals surface area contributed by atoms with Gasteiger partial charge in [0.25, 0.3) is 0 Å². The Kier molecular flexibility index (Phi) is 26.2. The molecule has 20 heteroatoms. The minimum Gasteiger partial charge on any atom is -0.371 e. The molecule has 14 nitrogen and oxygen atoms in total. The van der Waals surface area contributed by atoms with E-state index >= 15 is 0 Å². The summed E-state index contributed by atoms with van der Waals surface area (Å²) in [4.78, 5) is 25.1. The van der Waals surface area contributed by atoms with E-state index in [2.05, 4.69) is 273 Å². The van der Waals surface area contributed by atoms with Gasteiger partial charge in [-0.3, -0.25) is 0 Å². The lowest BCUT2D eigenvalue weighted by atomic mass is 10.0. The smallest absolute Gasteiger partial charge is 0.123 e. The third-order valence-corrected chi connectivity index (χ3v) is 33.3. The Bertz CT molecular complexity index is 5680. The first-order valence-electron chi connectivity index (χ1n) is 46.8. The van der Waals surface area contributed by atoms with Crippen molar-refractivity contribution in [3.8, 4) is 0 Å². The molecular weight excluding hydrogens is 1660 g/mol. The van der Waals surface area contributed by atoms with Gasteiger partial charge in [-0.05, 0) is 215 Å². The van der Waals surface area contributed by atoms with Crippen LogP contribution in [0.5, 0.6) is 0 Å². The van der Waals surface area contributed by atoms with E-state index in [4.69, 9.17) is 46.4 Å². The summed E-state index contributed by atoms with van der Waals surface area (Å²) in [5, 5.41) is 30.7. The fourth-order valence-corrected chi connectivity index (χ4v) is 25.9. The van der Waals surface area contributed by atoms with E-state index in [0.29, 0.717) is 20.1 Å². The number of hydrogen-bond acceptors (Lipinski definition) is 15. The predicted octanol–water partition coefficient (Wildman–Crippen LogP) is 19.4. The van der Waals surface area contributed by atoms with Crippen molar-refractivity contribution in [2.24, 2.45) is 82.9 Å². The van der Waals surface area contributed by atoms with Crippen LogP contribution in [0.4, 0.5) is 44.2 Å². The molecule has 1 aromatic heterocycles. The highest BCUT2D eigenvalue weighted by molar-refractivity contribution is 7.17. The molecule has 14 aliphatic heterocycles. The van der Waals surface area contributed by atoms with Gasteiger partial charge in [0.2, 0.25) is 0 Å². The molecule has 12 aromatic rings. The average Bonchev–Trinajstić information content (AvgIpc) is 1.63. The Morgan fingerprint density at radius 2 is 0.595 bits per heavy atom. The molecule has 0 aliphatic carbocycles. The highest BCUT2D eigenvalue weighted by Gasteiger charge is 2.45. The van der Waals surface area contributed by atoms with E-state index in [1.54, 1.807) is 6.07 Å². The lowest BCUT2D eigenvalue weighted by Gasteiger charge is -2.23. The number of nitrogens with zero attached hydrogens (tertiary/aromatic N) is 10. The molecule has 14 unspecified atom stereocenters. The average molecular weight is 1790 g/mol. The standard InChI is InChI=1S/C18H22N2.C17H20N2.C16H17FN2.C16H18N2.C14H16N2S.C13H16Cl2N2.C12H14Cl2N2/c1-2-19-10-16-12-20(13-17(16)11-19)18-8-7-14-5-3-4-6-15(14)9-18;1-18-9-14-11-19(12-15(14)10-18)17-8-4-6-13-5-2-3-7-16(13)17;17-15-3-1-12-6-16(4-2-11(12)5-15)19-9-13-7-18-8-14(13)10-19;1-2-6-15-12(4-1)5-3-7-16(15)18-10-13-8-17-9-14(13)11-18;1-2-4-14-12(3-1)13(9-17-14)16-7-10-5-15-6-11(10)8-16;1-16-5-9-7-17(8-10(9)6-16)12-4-2-3-11(14)13(12)15;13-10-2-1-3-11(12(10)14)16-6-8-4-15-5-9(8)7-16/h3-9,16-17H,2,10-13H2,1H3;2-8,14-15H,9-12H2,1H3;1-6,13-14,18H,7-10H2;1-7,13-14,17H,8-11H2;1-4,9-11,15H,5-8H2;2-4,9-10H,5-8H2,1H3;1-3,8-9,15H,4-7H2. The molecule has 658 valence electrons. The summed E-state index contributed by atoms with van der Waals surface area (Å²) in [5.41, 5.74) is 9.16. The molecule has 14 saturated heterocycles. The number of halogens is 5. The Balaban J connectivity index is 0.0000000928. The van der Waals surface area contributed by atoms with Crippen LogP contribution >= 0.6 is 57.7 Å². The summed E-state index contributed by atoms with van der Waals surface area (Å²) >= 11 is 26.5. The van der Waals surface area contributed by atoms with E-state index in [0.717, 1.165) is 170 Å². The lowest BCUT2D eigenvalue weighted by Crippen LogP contribution is -2.28. The van der Waals surface area contributed by atoms with Crippen LogP contribution in [0.25, 0.3) is 53.2 Å². The molecule has 0 radical (unpaired) electrons. The molecule has 0 saturated carbocycles. The van der Waals surface area contributed by atoms with Crippen molar-refractivity contribution in [2.75, 3.05) is 238 Å². The first kappa shape index (κ1) is 85.9. The van der Waals surface area contributed by atoms with Gasteiger partial charge in [0.15, 0.2) is 0 Å². The van der Waals surface area contributed by atoms with Crippen molar-refractivity contribution >= 4 is 151 Å². The maximum Gasteiger partial charge on any atom is 0.123 e. The maximum absolute atomic E-state index is 13.2. The van der Waals surface area contributed by atoms with Crippen LogP contribution in [0.3, 0.4) is 0 Å². The second-order valence-electron chi connectivity index (χ2n) is 38.9. The van der Waals surface area contributed by atoms with Crippen LogP contribution in [0.2, 0.25) is 20.1 Å². The van der Waals surface area contributed by atoms with Crippen LogP contribution in [0, 0.1) is 88.7 Å². The molecule has 126 heavy (non-hydrogen) atoms. The highest BCUT2D eigenvalue weighted by atomic mass is 35.5. The Hall–Kier alpha value is -8.17. The van der Waals surface area contributed by atoms with Gasteiger partial charge < -0.3 is 70.3 Å². The number of hydrogen-bond donors (Lipinski definition) is 4. The molecule has 4 N–H and O–H groups in total. The van der Waals surface area contributed by atoms with Crippen molar-refractivity contribution in [1.29, 1.82) is 0 Å². The van der Waals surface area contributed by atoms with Crippen molar-refractivity contribution in [3.63, 3.8) is 0 Å². The van der Waals surface area contributed by atoms with Crippen molar-refractivity contribution in [2.45, 2.75) is 6.92 Å². The summed E-state index contributed by atoms with van der Waals surface area (Å²) < 4.78 is 14.6. The van der Waals surface area contributed by atoms with Gasteiger partial charge in [0.05, 0.1) is 37.2 Å². The Morgan fingerprint density at radius 3 is 1.04 bits per heavy atom. The lowest BCUT2D eigenvalue weighted by molar-refractivity contribution is 0.334. The third kappa shape index (κ3) is 18.7. The molecule has 14 atom stereocenters. The quantitative estimate of drug-likeness (QED) is 0.117. The minimum absolute atomic E-state index is 0.165. The van der Waals surface area contributed by atoms with Crippen LogP contribution < -0.4 is 55.6 Å². The first-order chi connectivity index (χ1) is 61.7. The van der Waals surface area contributed by atoms with Crippen molar-refractivity contribution in [1.82, 2.24) is 36.0 Å². The second kappa shape index (κ2) is 38.5. The van der Waals surface area contributed by atoms with Gasteiger partial charge >= 0.3 is 0 Å². The van der Waals surface area contributed by atoms with Crippen molar-refractivity contribution in [3.05, 3.63) is 256 Å². The van der Waals surface area contributed by atoms with E-state index in [1.165, 1.54) is 201 Å². The summed E-state index contributed by atoms with van der Waals surface area (Å²) in [6, 6.07) is 78.2. The maximum atomic E-state index is 13.2. The van der Waals surface area contributed by atoms with E-state index in [1.807, 2.05) is 47.7 Å². The van der Waals surface area contributed by atoms with Gasteiger partial charge in [-0.25, -0.2) is 4.39 Å². The largest absolute Gasteiger partial charge is 0.371 e. The monoisotopic (exact) mass is 1780 g/mol. The number of likely N-dealkylation sites (tertiary alicyclic amines) is 3. The zero-order valence-electron chi connectivity index (χ0n) is 73.3. The fourth-order valence-electron chi connectivity index (χ4n) is 24.1. The highest BCUT2D eigenvalue weighted by Crippen LogP contribution is 2.45. The van der Waals surface area contributed by atoms with Gasteiger partial charge in [-0.2, -0.15) is 0 Å². The SMILES string of the molecule is CCN1CC2CN(c3ccc4ccccc4c3)CC2C1.CN1CC2CN(c3cccc(Cl)c3Cl)CC2C1.CN1CC2CN(c3cccc4ccccc34)CC2C1.Clc1cccc(N2CC3CNCC3C2)c1Cl.Fc1ccc2cc(N3CC4CNCC4C3)ccc2c1.c1ccc2c(N3CC4CNCC4C3)cccc2c1.c1ccc2c(N3CC4CNCC4C3)csc2c1. The second-order valence-corrected chi connectivity index (χ2v) is 41.4. The molecular formula is C106H123Cl4FN14S. The molecule has 0 amide bonds. The van der Waals surface area contributed by atoms with E-state index in [-0.39, 0.29) is 5.82 Å². The van der Waals surface area contributed by atoms with E-state index in [9.17, 15) is 4.39 Å². The van der Waals surface area contributed by atoms with Crippen LogP contribution in [0.15, 0.2) is 230 Å². The van der Waals surface area contributed by atoms with E-state index < -0.39 is 0 Å². The topological polar surface area (TPSA) is 80.5 Å². The summed E-state index contributed by atoms with van der Waals surface area (Å²) in [6.07, 6.45) is 0. The molecule has 14 aliphatic rings. The summed E-state index contributed by atoms with van der Waals surface area (Å²) in [6.45, 7) is 37.0. The van der Waals surface area contributed by atoms with Crippen molar-refractivity contribution < 1.29 is 4.39 Å². The zero-order valence-corrected chi connectivity index (χ0v) is 77.1. The van der Waals surface area contributed by atoms with Gasteiger partial charge in [0, 0.05) is 232 Å². The van der Waals surface area contributed by atoms with Crippen LogP contribution in [0.1, 0.15) is 6.92 Å². The number of benzene rings is 11. The summed E-state index contributed by atoms with van der Waals surface area (Å²) in [7, 11) is 4.45. The molecule has 0 spiro atoms. The van der Waals surface area contributed by atoms with Gasteiger partial charge in [0.1, 0.15) is 5.82 Å². The normalized spacial score (nSPS) is 27.3. The molecule has 26 rings (SSSR count). The van der Waals surface area contributed by atoms with Crippen LogP contribution in [-0.2, 0) is 0 Å². The number of fused-ring (bicyclic) bond motifs is 12. The Labute approximate surface area is 769 Å². The molecule has 11 aromatic carbocycles.